The SMILES string of the molecule is COc1ccc2c3conc3c(=O)n(C(C)C)c2c1. The largest absolute Gasteiger partial charge is 0.497 e. The summed E-state index contributed by atoms with van der Waals surface area (Å²) >= 11 is 0. The monoisotopic (exact) mass is 258 g/mol. The van der Waals surface area contributed by atoms with Crippen LogP contribution in [0.3, 0.4) is 0 Å². The number of methoxy groups -OCH3 is 1. The van der Waals surface area contributed by atoms with Crippen LogP contribution in [0, 0.1) is 0 Å². The van der Waals surface area contributed by atoms with Crippen LogP contribution < -0.4 is 10.3 Å². The highest BCUT2D eigenvalue weighted by atomic mass is 16.5. The highest BCUT2D eigenvalue weighted by molar-refractivity contribution is 6.04. The van der Waals surface area contributed by atoms with Crippen molar-refractivity contribution in [1.29, 1.82) is 0 Å². The second-order valence-electron chi connectivity index (χ2n) is 4.73. The van der Waals surface area contributed by atoms with Crippen LogP contribution in [0.2, 0.25) is 0 Å². The van der Waals surface area contributed by atoms with Gasteiger partial charge in [-0.3, -0.25) is 4.79 Å². The van der Waals surface area contributed by atoms with Crippen LogP contribution in [0.15, 0.2) is 33.8 Å². The van der Waals surface area contributed by atoms with E-state index in [0.717, 1.165) is 22.0 Å². The molecule has 2 heterocycles. The molecule has 5 nitrogen and oxygen atoms in total. The lowest BCUT2D eigenvalue weighted by atomic mass is 10.1. The highest BCUT2D eigenvalue weighted by Gasteiger charge is 2.16. The average Bonchev–Trinajstić information content (AvgIpc) is 2.87. The first-order valence-electron chi connectivity index (χ1n) is 6.10. The van der Waals surface area contributed by atoms with Gasteiger partial charge in [0.1, 0.15) is 12.0 Å². The van der Waals surface area contributed by atoms with Crippen LogP contribution in [0.25, 0.3) is 21.8 Å². The van der Waals surface area contributed by atoms with Gasteiger partial charge in [0.15, 0.2) is 5.52 Å². The lowest BCUT2D eigenvalue weighted by Gasteiger charge is -2.14. The van der Waals surface area contributed by atoms with Gasteiger partial charge in [0.05, 0.1) is 18.0 Å². The quantitative estimate of drug-likeness (QED) is 0.709. The second-order valence-corrected chi connectivity index (χ2v) is 4.73. The van der Waals surface area contributed by atoms with Crippen LogP contribution in [0.1, 0.15) is 19.9 Å². The summed E-state index contributed by atoms with van der Waals surface area (Å²) in [5, 5.41) is 5.49. The summed E-state index contributed by atoms with van der Waals surface area (Å²) in [6, 6.07) is 5.68. The molecule has 3 aromatic rings. The summed E-state index contributed by atoms with van der Waals surface area (Å²) in [6.07, 6.45) is 1.51. The Morgan fingerprint density at radius 1 is 1.32 bits per heavy atom. The van der Waals surface area contributed by atoms with E-state index in [2.05, 4.69) is 5.16 Å². The predicted octanol–water partition coefficient (Wildman–Crippen LogP) is 2.73. The number of pyridine rings is 1. The molecular weight excluding hydrogens is 244 g/mol. The van der Waals surface area contributed by atoms with Crippen molar-refractivity contribution in [2.24, 2.45) is 0 Å². The summed E-state index contributed by atoms with van der Waals surface area (Å²) < 4.78 is 11.9. The Hall–Kier alpha value is -2.30. The molecular formula is C14H14N2O3. The van der Waals surface area contributed by atoms with E-state index in [0.29, 0.717) is 5.52 Å². The third-order valence-electron chi connectivity index (χ3n) is 3.26. The van der Waals surface area contributed by atoms with Crippen molar-refractivity contribution in [3.05, 3.63) is 34.8 Å². The third-order valence-corrected chi connectivity index (χ3v) is 3.26. The standard InChI is InChI=1S/C14H14N2O3/c1-8(2)16-12-6-9(18-3)4-5-10(12)11-7-19-15-13(11)14(16)17/h4-8H,1-3H3. The average molecular weight is 258 g/mol. The van der Waals surface area contributed by atoms with Gasteiger partial charge in [-0.1, -0.05) is 5.16 Å². The summed E-state index contributed by atoms with van der Waals surface area (Å²) in [5.74, 6) is 0.720. The number of hydrogen-bond acceptors (Lipinski definition) is 4. The number of ether oxygens (including phenoxy) is 1. The molecule has 0 aliphatic heterocycles. The summed E-state index contributed by atoms with van der Waals surface area (Å²) in [5.41, 5.74) is 1.06. The molecule has 19 heavy (non-hydrogen) atoms. The zero-order valence-electron chi connectivity index (χ0n) is 11.0. The molecule has 0 saturated carbocycles. The van der Waals surface area contributed by atoms with Gasteiger partial charge in [-0.25, -0.2) is 0 Å². The van der Waals surface area contributed by atoms with Crippen molar-refractivity contribution in [3.63, 3.8) is 0 Å². The van der Waals surface area contributed by atoms with E-state index in [1.165, 1.54) is 6.26 Å². The van der Waals surface area contributed by atoms with E-state index < -0.39 is 0 Å². The lowest BCUT2D eigenvalue weighted by Crippen LogP contribution is -2.22. The molecule has 0 radical (unpaired) electrons. The normalized spacial score (nSPS) is 11.6. The number of aromatic nitrogens is 2. The molecule has 0 amide bonds. The maximum Gasteiger partial charge on any atom is 0.281 e. The minimum absolute atomic E-state index is 0.0307. The molecule has 0 atom stereocenters. The molecule has 0 aliphatic rings. The van der Waals surface area contributed by atoms with Gasteiger partial charge in [0.25, 0.3) is 5.56 Å². The van der Waals surface area contributed by atoms with Gasteiger partial charge in [0.2, 0.25) is 0 Å². The van der Waals surface area contributed by atoms with Gasteiger partial charge < -0.3 is 13.8 Å². The molecule has 3 rings (SSSR count). The van der Waals surface area contributed by atoms with Gasteiger partial charge >= 0.3 is 0 Å². The summed E-state index contributed by atoms with van der Waals surface area (Å²) in [7, 11) is 1.61. The van der Waals surface area contributed by atoms with E-state index in [1.807, 2.05) is 32.0 Å². The fourth-order valence-electron chi connectivity index (χ4n) is 2.38. The van der Waals surface area contributed by atoms with Crippen molar-refractivity contribution in [2.75, 3.05) is 7.11 Å². The van der Waals surface area contributed by atoms with E-state index in [4.69, 9.17) is 9.26 Å². The van der Waals surface area contributed by atoms with E-state index >= 15 is 0 Å². The Labute approximate surface area is 109 Å². The van der Waals surface area contributed by atoms with Crippen molar-refractivity contribution in [1.82, 2.24) is 9.72 Å². The fourth-order valence-corrected chi connectivity index (χ4v) is 2.38. The number of nitrogens with zero attached hydrogens (tertiary/aromatic N) is 2. The zero-order chi connectivity index (χ0) is 13.6. The minimum Gasteiger partial charge on any atom is -0.497 e. The van der Waals surface area contributed by atoms with Crippen LogP contribution in [-0.4, -0.2) is 16.8 Å². The van der Waals surface area contributed by atoms with Crippen molar-refractivity contribution < 1.29 is 9.26 Å². The molecule has 2 aromatic heterocycles. The molecule has 0 aliphatic carbocycles. The minimum atomic E-state index is -0.139. The van der Waals surface area contributed by atoms with Crippen molar-refractivity contribution in [2.45, 2.75) is 19.9 Å². The fraction of sp³-hybridized carbons (Fsp3) is 0.286. The van der Waals surface area contributed by atoms with Gasteiger partial charge in [-0.15, -0.1) is 0 Å². The van der Waals surface area contributed by atoms with E-state index in [9.17, 15) is 4.79 Å². The molecule has 0 unspecified atom stereocenters. The maximum atomic E-state index is 12.4. The van der Waals surface area contributed by atoms with Crippen LogP contribution in [-0.2, 0) is 0 Å². The number of rotatable bonds is 2. The summed E-state index contributed by atoms with van der Waals surface area (Å²) in [6.45, 7) is 3.93. The van der Waals surface area contributed by atoms with Gasteiger partial charge in [-0.2, -0.15) is 0 Å². The molecule has 98 valence electrons. The molecule has 0 saturated heterocycles. The summed E-state index contributed by atoms with van der Waals surface area (Å²) in [4.78, 5) is 12.4. The topological polar surface area (TPSA) is 57.3 Å². The zero-order valence-corrected chi connectivity index (χ0v) is 11.0. The smallest absolute Gasteiger partial charge is 0.281 e. The Balaban J connectivity index is 2.58. The molecule has 0 fully saturated rings. The van der Waals surface area contributed by atoms with Crippen LogP contribution >= 0.6 is 0 Å². The van der Waals surface area contributed by atoms with Gasteiger partial charge in [-0.05, 0) is 26.0 Å². The molecule has 5 heteroatoms. The Morgan fingerprint density at radius 2 is 2.11 bits per heavy atom. The van der Waals surface area contributed by atoms with Crippen LogP contribution in [0.5, 0.6) is 5.75 Å². The predicted molar refractivity (Wildman–Crippen MR) is 72.7 cm³/mol. The van der Waals surface area contributed by atoms with Crippen LogP contribution in [0.4, 0.5) is 0 Å². The first kappa shape index (κ1) is 11.8. The van der Waals surface area contributed by atoms with E-state index in [1.54, 1.807) is 11.7 Å². The number of hydrogen-bond donors (Lipinski definition) is 0. The van der Waals surface area contributed by atoms with Crippen molar-refractivity contribution >= 4 is 21.8 Å². The molecule has 0 N–H and O–H groups in total. The Kier molecular flexibility index (Phi) is 2.55. The Morgan fingerprint density at radius 3 is 2.79 bits per heavy atom. The lowest BCUT2D eigenvalue weighted by molar-refractivity contribution is 0.415. The Bertz CT molecular complexity index is 815. The number of fused-ring (bicyclic) bond motifs is 3. The molecule has 0 bridgehead atoms. The first-order chi connectivity index (χ1) is 9.13. The third kappa shape index (κ3) is 1.62. The molecule has 0 spiro atoms. The van der Waals surface area contributed by atoms with Gasteiger partial charge in [0, 0.05) is 17.5 Å². The second kappa shape index (κ2) is 4.12. The number of benzene rings is 1. The maximum absolute atomic E-state index is 12.4. The van der Waals surface area contributed by atoms with E-state index in [-0.39, 0.29) is 11.6 Å². The van der Waals surface area contributed by atoms with Crippen molar-refractivity contribution in [3.8, 4) is 5.75 Å². The molecule has 1 aromatic carbocycles. The highest BCUT2D eigenvalue weighted by Crippen LogP contribution is 2.27. The first-order valence-corrected chi connectivity index (χ1v) is 6.10.